The first-order valence-electron chi connectivity index (χ1n) is 10.3. The van der Waals surface area contributed by atoms with Gasteiger partial charge in [0, 0.05) is 37.9 Å². The fraction of sp³-hybridized carbons (Fsp3) is 0.476. The van der Waals surface area contributed by atoms with Gasteiger partial charge in [-0.25, -0.2) is 13.5 Å². The number of halogens is 3. The molecule has 4 rings (SSSR count). The number of ether oxygens (including phenoxy) is 1. The highest BCUT2D eigenvalue weighted by atomic mass is 35.5. The lowest BCUT2D eigenvalue weighted by atomic mass is 10.0. The van der Waals surface area contributed by atoms with E-state index in [1.54, 1.807) is 0 Å². The summed E-state index contributed by atoms with van der Waals surface area (Å²) < 4.78 is 33.7. The van der Waals surface area contributed by atoms with Crippen LogP contribution in [0.1, 0.15) is 31.7 Å². The quantitative estimate of drug-likeness (QED) is 0.752. The Morgan fingerprint density at radius 1 is 1.19 bits per heavy atom. The third-order valence-corrected chi connectivity index (χ3v) is 6.05. The van der Waals surface area contributed by atoms with Crippen LogP contribution < -0.4 is 15.8 Å². The van der Waals surface area contributed by atoms with Gasteiger partial charge in [0.05, 0.1) is 24.5 Å². The largest absolute Gasteiger partial charge is 0.382 e. The maximum Gasteiger partial charge on any atom is 0.287 e. The van der Waals surface area contributed by atoms with E-state index in [9.17, 15) is 18.4 Å². The monoisotopic (exact) mass is 452 g/mol. The number of rotatable bonds is 5. The Kier molecular flexibility index (Phi) is 6.52. The van der Waals surface area contributed by atoms with Crippen molar-refractivity contribution in [3.05, 3.63) is 51.4 Å². The number of piperidine rings is 1. The first kappa shape index (κ1) is 21.7. The topological polar surface area (TPSA) is 76.5 Å². The Morgan fingerprint density at radius 3 is 2.65 bits per heavy atom. The Morgan fingerprint density at radius 2 is 1.97 bits per heavy atom. The standard InChI is InChI=1S/C21H23ClF2N4O3/c22-20-18(25-10-13-2-1-5-31-12-13)11-26-28(21(20)30)16-3-4-27(19(29)9-16)17-7-14(23)6-15(24)8-17/h6-8,11,13,16,25H,1-5,9-10,12H2/t13-,16+/m1/s1. The number of benzene rings is 1. The van der Waals surface area contributed by atoms with Crippen molar-refractivity contribution in [2.75, 3.05) is 36.5 Å². The van der Waals surface area contributed by atoms with Gasteiger partial charge >= 0.3 is 0 Å². The number of hydrogen-bond acceptors (Lipinski definition) is 5. The average molecular weight is 453 g/mol. The number of carbonyl (C=O) groups excluding carboxylic acids is 1. The fourth-order valence-electron chi connectivity index (χ4n) is 4.04. The number of aromatic nitrogens is 2. The van der Waals surface area contributed by atoms with Crippen LogP contribution in [0, 0.1) is 17.6 Å². The van der Waals surface area contributed by atoms with Crippen LogP contribution in [0.5, 0.6) is 0 Å². The highest BCUT2D eigenvalue weighted by Gasteiger charge is 2.30. The van der Waals surface area contributed by atoms with E-state index in [4.69, 9.17) is 16.3 Å². The van der Waals surface area contributed by atoms with Crippen molar-refractivity contribution in [1.82, 2.24) is 9.78 Å². The molecule has 0 bridgehead atoms. The third-order valence-electron chi connectivity index (χ3n) is 5.68. The molecule has 2 atom stereocenters. The molecule has 3 heterocycles. The van der Waals surface area contributed by atoms with Crippen LogP contribution in [0.4, 0.5) is 20.2 Å². The van der Waals surface area contributed by atoms with Gasteiger partial charge in [-0.1, -0.05) is 11.6 Å². The molecule has 1 N–H and O–H groups in total. The van der Waals surface area contributed by atoms with E-state index in [-0.39, 0.29) is 29.6 Å². The molecule has 2 aliphatic rings. The van der Waals surface area contributed by atoms with Crippen LogP contribution in [0.15, 0.2) is 29.2 Å². The highest BCUT2D eigenvalue weighted by Crippen LogP contribution is 2.28. The van der Waals surface area contributed by atoms with Crippen LogP contribution in [-0.4, -0.2) is 42.0 Å². The summed E-state index contributed by atoms with van der Waals surface area (Å²) in [7, 11) is 0. The van der Waals surface area contributed by atoms with E-state index in [0.717, 1.165) is 37.6 Å². The zero-order valence-corrected chi connectivity index (χ0v) is 17.6. The summed E-state index contributed by atoms with van der Waals surface area (Å²) in [5.74, 6) is -1.50. The molecule has 1 aromatic carbocycles. The Bertz CT molecular complexity index is 1010. The van der Waals surface area contributed by atoms with Crippen LogP contribution in [0.25, 0.3) is 0 Å². The molecule has 166 valence electrons. The number of nitrogens with zero attached hydrogens (tertiary/aromatic N) is 3. The molecule has 0 saturated carbocycles. The smallest absolute Gasteiger partial charge is 0.287 e. The zero-order valence-electron chi connectivity index (χ0n) is 16.8. The predicted octanol–water partition coefficient (Wildman–Crippen LogP) is 3.38. The molecule has 2 saturated heterocycles. The van der Waals surface area contributed by atoms with Crippen LogP contribution in [0.2, 0.25) is 5.02 Å². The summed E-state index contributed by atoms with van der Waals surface area (Å²) in [4.78, 5) is 26.7. The summed E-state index contributed by atoms with van der Waals surface area (Å²) in [6, 6.07) is 2.50. The summed E-state index contributed by atoms with van der Waals surface area (Å²) in [6.45, 7) is 2.29. The van der Waals surface area contributed by atoms with Gasteiger partial charge in [-0.15, -0.1) is 0 Å². The maximum absolute atomic E-state index is 13.5. The van der Waals surface area contributed by atoms with Gasteiger partial charge in [0.25, 0.3) is 5.56 Å². The molecule has 0 aliphatic carbocycles. The second-order valence-electron chi connectivity index (χ2n) is 7.91. The molecule has 31 heavy (non-hydrogen) atoms. The Balaban J connectivity index is 1.44. The van der Waals surface area contributed by atoms with Gasteiger partial charge in [0.15, 0.2) is 0 Å². The van der Waals surface area contributed by atoms with E-state index in [1.165, 1.54) is 15.8 Å². The summed E-state index contributed by atoms with van der Waals surface area (Å²) in [6.07, 6.45) is 3.93. The van der Waals surface area contributed by atoms with Crippen molar-refractivity contribution in [3.8, 4) is 0 Å². The van der Waals surface area contributed by atoms with E-state index >= 15 is 0 Å². The second kappa shape index (κ2) is 9.32. The Hall–Kier alpha value is -2.52. The number of nitrogens with one attached hydrogen (secondary N) is 1. The number of carbonyl (C=O) groups is 1. The van der Waals surface area contributed by atoms with E-state index in [1.807, 2.05) is 0 Å². The third kappa shape index (κ3) is 4.88. The summed E-state index contributed by atoms with van der Waals surface area (Å²) >= 11 is 6.29. The molecule has 0 spiro atoms. The van der Waals surface area contributed by atoms with Gasteiger partial charge in [0.2, 0.25) is 5.91 Å². The molecule has 1 aromatic heterocycles. The van der Waals surface area contributed by atoms with Gasteiger partial charge < -0.3 is 15.0 Å². The lowest BCUT2D eigenvalue weighted by Crippen LogP contribution is -2.42. The minimum absolute atomic E-state index is 0.0203. The number of amides is 1. The van der Waals surface area contributed by atoms with E-state index in [2.05, 4.69) is 10.4 Å². The van der Waals surface area contributed by atoms with Crippen LogP contribution in [-0.2, 0) is 9.53 Å². The SMILES string of the molecule is O=C1C[C@@H](n2ncc(NC[C@H]3CCCOC3)c(Cl)c2=O)CCN1c1cc(F)cc(F)c1. The average Bonchev–Trinajstić information content (AvgIpc) is 2.75. The highest BCUT2D eigenvalue weighted by molar-refractivity contribution is 6.32. The van der Waals surface area contributed by atoms with Crippen LogP contribution in [0.3, 0.4) is 0 Å². The van der Waals surface area contributed by atoms with Crippen molar-refractivity contribution >= 4 is 28.9 Å². The second-order valence-corrected chi connectivity index (χ2v) is 8.28. The van der Waals surface area contributed by atoms with Crippen molar-refractivity contribution < 1.29 is 18.3 Å². The number of anilines is 2. The summed E-state index contributed by atoms with van der Waals surface area (Å²) in [5, 5.41) is 7.41. The van der Waals surface area contributed by atoms with E-state index < -0.39 is 23.2 Å². The Labute approximate surface area is 182 Å². The van der Waals surface area contributed by atoms with Gasteiger partial charge in [-0.05, 0) is 37.3 Å². The molecule has 2 aromatic rings. The first-order chi connectivity index (χ1) is 14.9. The minimum atomic E-state index is -0.752. The normalized spacial score (nSPS) is 21.9. The fourth-order valence-corrected chi connectivity index (χ4v) is 4.25. The molecule has 7 nitrogen and oxygen atoms in total. The molecule has 2 fully saturated rings. The van der Waals surface area contributed by atoms with Crippen LogP contribution >= 0.6 is 11.6 Å². The molecular formula is C21H23ClF2N4O3. The van der Waals surface area contributed by atoms with Crippen molar-refractivity contribution in [1.29, 1.82) is 0 Å². The lowest BCUT2D eigenvalue weighted by Gasteiger charge is -2.32. The van der Waals surface area contributed by atoms with Crippen molar-refractivity contribution in [2.24, 2.45) is 5.92 Å². The lowest BCUT2D eigenvalue weighted by molar-refractivity contribution is -0.120. The molecule has 0 radical (unpaired) electrons. The summed E-state index contributed by atoms with van der Waals surface area (Å²) in [5.41, 5.74) is 0.132. The molecule has 0 unspecified atom stereocenters. The van der Waals surface area contributed by atoms with Gasteiger partial charge in [-0.3, -0.25) is 9.59 Å². The van der Waals surface area contributed by atoms with Crippen molar-refractivity contribution in [2.45, 2.75) is 31.7 Å². The van der Waals surface area contributed by atoms with Gasteiger partial charge in [-0.2, -0.15) is 5.10 Å². The van der Waals surface area contributed by atoms with Crippen molar-refractivity contribution in [3.63, 3.8) is 0 Å². The van der Waals surface area contributed by atoms with E-state index in [0.29, 0.717) is 31.2 Å². The molecule has 10 heteroatoms. The maximum atomic E-state index is 13.5. The zero-order chi connectivity index (χ0) is 22.0. The van der Waals surface area contributed by atoms with Gasteiger partial charge in [0.1, 0.15) is 16.7 Å². The molecule has 1 amide bonds. The minimum Gasteiger partial charge on any atom is -0.382 e. The first-order valence-corrected chi connectivity index (χ1v) is 10.7. The molecule has 2 aliphatic heterocycles. The number of hydrogen-bond donors (Lipinski definition) is 1. The predicted molar refractivity (Wildman–Crippen MR) is 113 cm³/mol. The molecular weight excluding hydrogens is 430 g/mol.